The van der Waals surface area contributed by atoms with Crippen LogP contribution in [0.5, 0.6) is 0 Å². The lowest BCUT2D eigenvalue weighted by atomic mass is 9.82. The van der Waals surface area contributed by atoms with Crippen molar-refractivity contribution in [3.8, 4) is 0 Å². The first-order valence-corrected chi connectivity index (χ1v) is 12.7. The number of nitrogens with zero attached hydrogens (tertiary/aromatic N) is 3. The van der Waals surface area contributed by atoms with E-state index in [1.165, 1.54) is 29.4 Å². The summed E-state index contributed by atoms with van der Waals surface area (Å²) in [5.74, 6) is 0. The van der Waals surface area contributed by atoms with E-state index in [1.807, 2.05) is 19.3 Å². The van der Waals surface area contributed by atoms with Crippen LogP contribution in [0.15, 0.2) is 85.0 Å². The fourth-order valence-corrected chi connectivity index (χ4v) is 5.12. The van der Waals surface area contributed by atoms with Gasteiger partial charge in [-0.3, -0.25) is 0 Å². The summed E-state index contributed by atoms with van der Waals surface area (Å²) in [4.78, 5) is 7.12. The second kappa shape index (κ2) is 10.3. The lowest BCUT2D eigenvalue weighted by molar-refractivity contribution is 0.223. The maximum absolute atomic E-state index is 4.78. The number of pyridine rings is 1. The van der Waals surface area contributed by atoms with Crippen LogP contribution in [0, 0.1) is 12.3 Å². The first-order valence-electron chi connectivity index (χ1n) is 12.7. The summed E-state index contributed by atoms with van der Waals surface area (Å²) < 4.78 is 2.46. The van der Waals surface area contributed by atoms with Gasteiger partial charge in [0.1, 0.15) is 5.65 Å². The van der Waals surface area contributed by atoms with Crippen LogP contribution < -0.4 is 5.32 Å². The van der Waals surface area contributed by atoms with Crippen LogP contribution in [0.1, 0.15) is 58.4 Å². The van der Waals surface area contributed by atoms with Crippen molar-refractivity contribution in [1.29, 1.82) is 0 Å². The molecule has 1 aliphatic carbocycles. The number of aryl methyl sites for hydroxylation is 1. The highest BCUT2D eigenvalue weighted by molar-refractivity contribution is 5.80. The maximum atomic E-state index is 4.78. The summed E-state index contributed by atoms with van der Waals surface area (Å²) >= 11 is 0. The van der Waals surface area contributed by atoms with E-state index in [0.29, 0.717) is 0 Å². The molecule has 0 amide bonds. The van der Waals surface area contributed by atoms with Crippen LogP contribution in [-0.2, 0) is 5.54 Å². The molecule has 0 aliphatic heterocycles. The fraction of sp³-hybridized carbons (Fsp3) is 0.452. The van der Waals surface area contributed by atoms with E-state index in [1.54, 1.807) is 0 Å². The molecule has 2 aromatic rings. The Labute approximate surface area is 212 Å². The summed E-state index contributed by atoms with van der Waals surface area (Å²) in [5, 5.41) is 4.36. The summed E-state index contributed by atoms with van der Waals surface area (Å²) in [7, 11) is 4.04. The summed E-state index contributed by atoms with van der Waals surface area (Å²) in [6.45, 7) is 26.9. The second-order valence-corrected chi connectivity index (χ2v) is 11.3. The lowest BCUT2D eigenvalue weighted by Crippen LogP contribution is -2.40. The molecule has 4 heteroatoms. The predicted octanol–water partition coefficient (Wildman–Crippen LogP) is 7.27. The number of fused-ring (bicyclic) bond motifs is 1. The Morgan fingerprint density at radius 2 is 1.83 bits per heavy atom. The van der Waals surface area contributed by atoms with Gasteiger partial charge in [-0.1, -0.05) is 65.5 Å². The van der Waals surface area contributed by atoms with Gasteiger partial charge in [0, 0.05) is 50.3 Å². The molecule has 1 aliphatic rings. The Morgan fingerprint density at radius 3 is 2.43 bits per heavy atom. The molecule has 3 rings (SSSR count). The number of rotatable bonds is 10. The van der Waals surface area contributed by atoms with Crippen molar-refractivity contribution >= 4 is 11.0 Å². The quantitative estimate of drug-likeness (QED) is 0.292. The van der Waals surface area contributed by atoms with E-state index in [4.69, 9.17) is 4.98 Å². The number of aromatic nitrogens is 2. The van der Waals surface area contributed by atoms with Crippen molar-refractivity contribution < 1.29 is 0 Å². The predicted molar refractivity (Wildman–Crippen MR) is 151 cm³/mol. The van der Waals surface area contributed by atoms with Crippen molar-refractivity contribution in [1.82, 2.24) is 19.8 Å². The zero-order valence-electron chi connectivity index (χ0n) is 22.8. The van der Waals surface area contributed by atoms with E-state index in [9.17, 15) is 0 Å². The van der Waals surface area contributed by atoms with Gasteiger partial charge < -0.3 is 14.8 Å². The fourth-order valence-electron chi connectivity index (χ4n) is 5.12. The number of likely N-dealkylation sites (N-methyl/N-ethyl adjacent to an activating group) is 2. The van der Waals surface area contributed by atoms with E-state index in [2.05, 4.69) is 94.3 Å². The van der Waals surface area contributed by atoms with Gasteiger partial charge in [-0.05, 0) is 66.0 Å². The van der Waals surface area contributed by atoms with Gasteiger partial charge in [-0.2, -0.15) is 0 Å². The van der Waals surface area contributed by atoms with Crippen LogP contribution >= 0.6 is 0 Å². The molecule has 1 saturated carbocycles. The first-order chi connectivity index (χ1) is 16.4. The minimum Gasteiger partial charge on any atom is -0.388 e. The van der Waals surface area contributed by atoms with Crippen molar-refractivity contribution in [3.63, 3.8) is 0 Å². The van der Waals surface area contributed by atoms with E-state index >= 15 is 0 Å². The normalized spacial score (nSPS) is 15.8. The number of hydrogen-bond donors (Lipinski definition) is 1. The Morgan fingerprint density at radius 1 is 1.17 bits per heavy atom. The highest BCUT2D eigenvalue weighted by atomic mass is 15.2. The highest BCUT2D eigenvalue weighted by Crippen LogP contribution is 2.41. The minimum absolute atomic E-state index is 0.0131. The van der Waals surface area contributed by atoms with E-state index in [0.717, 1.165) is 53.9 Å². The van der Waals surface area contributed by atoms with Crippen LogP contribution in [0.3, 0.4) is 0 Å². The van der Waals surface area contributed by atoms with Gasteiger partial charge in [-0.25, -0.2) is 4.98 Å². The Kier molecular flexibility index (Phi) is 7.83. The third kappa shape index (κ3) is 5.63. The molecule has 0 unspecified atom stereocenters. The standard InChI is InChI=1S/C31H44N4/c1-22-19-35(29-28(22)14-13-17-33-29)31(15-11-12-16-31)21-34(10)20-27(18-23(2)30(6,7)8)25(4)24(3)26(5)32-9/h13-14,17,19-20,32H,2-5,11-12,15-16,18,21H2,1,6-10H3/b27-20-. The molecule has 0 saturated heterocycles. The largest absolute Gasteiger partial charge is 0.388 e. The molecule has 0 bridgehead atoms. The average molecular weight is 473 g/mol. The van der Waals surface area contributed by atoms with Gasteiger partial charge in [0.05, 0.1) is 5.54 Å². The summed E-state index contributed by atoms with van der Waals surface area (Å²) in [5.41, 5.74) is 7.25. The summed E-state index contributed by atoms with van der Waals surface area (Å²) in [6.07, 6.45) is 12.0. The van der Waals surface area contributed by atoms with Crippen LogP contribution in [-0.4, -0.2) is 35.1 Å². The molecule has 35 heavy (non-hydrogen) atoms. The van der Waals surface area contributed by atoms with Crippen LogP contribution in [0.25, 0.3) is 11.0 Å². The number of nitrogens with one attached hydrogen (secondary N) is 1. The second-order valence-electron chi connectivity index (χ2n) is 11.3. The molecule has 1 fully saturated rings. The van der Waals surface area contributed by atoms with Gasteiger partial charge in [-0.15, -0.1) is 0 Å². The molecule has 4 nitrogen and oxygen atoms in total. The van der Waals surface area contributed by atoms with E-state index < -0.39 is 0 Å². The Balaban J connectivity index is 1.97. The smallest absolute Gasteiger partial charge is 0.140 e. The molecule has 0 spiro atoms. The summed E-state index contributed by atoms with van der Waals surface area (Å²) in [6, 6.07) is 4.21. The first kappa shape index (κ1) is 26.6. The topological polar surface area (TPSA) is 33.1 Å². The van der Waals surface area contributed by atoms with Gasteiger partial charge >= 0.3 is 0 Å². The monoisotopic (exact) mass is 472 g/mol. The molecule has 0 aromatic carbocycles. The van der Waals surface area contributed by atoms with Crippen LogP contribution in [0.2, 0.25) is 0 Å². The van der Waals surface area contributed by atoms with Gasteiger partial charge in [0.25, 0.3) is 0 Å². The molecule has 0 radical (unpaired) electrons. The molecule has 0 atom stereocenters. The zero-order valence-corrected chi connectivity index (χ0v) is 22.8. The van der Waals surface area contributed by atoms with Crippen molar-refractivity contribution in [2.45, 2.75) is 65.3 Å². The molecule has 1 N–H and O–H groups in total. The van der Waals surface area contributed by atoms with Crippen molar-refractivity contribution in [3.05, 3.63) is 90.6 Å². The van der Waals surface area contributed by atoms with Crippen molar-refractivity contribution in [2.75, 3.05) is 20.6 Å². The van der Waals surface area contributed by atoms with Gasteiger partial charge in [0.2, 0.25) is 0 Å². The molecule has 188 valence electrons. The SMILES string of the molecule is C=C(NC)C(=C)C(=C)/C(=C\N(C)CC1(n2cc(C)c3cccnc32)CCCC1)CC(=C)C(C)(C)C. The number of allylic oxidation sites excluding steroid dienone is 3. The highest BCUT2D eigenvalue weighted by Gasteiger charge is 2.38. The van der Waals surface area contributed by atoms with E-state index in [-0.39, 0.29) is 11.0 Å². The number of hydrogen-bond acceptors (Lipinski definition) is 3. The molecular weight excluding hydrogens is 428 g/mol. The lowest BCUT2D eigenvalue weighted by Gasteiger charge is -2.36. The van der Waals surface area contributed by atoms with Crippen LogP contribution in [0.4, 0.5) is 0 Å². The third-order valence-electron chi connectivity index (χ3n) is 7.61. The third-order valence-corrected chi connectivity index (χ3v) is 7.61. The Bertz CT molecular complexity index is 1160. The molecule has 2 aromatic heterocycles. The Hall–Kier alpha value is -3.01. The maximum Gasteiger partial charge on any atom is 0.140 e. The zero-order chi connectivity index (χ0) is 26.0. The molecule has 2 heterocycles. The molecular formula is C31H44N4. The minimum atomic E-state index is 0.0131. The average Bonchev–Trinajstić information content (AvgIpc) is 3.41. The van der Waals surface area contributed by atoms with Gasteiger partial charge in [0.15, 0.2) is 0 Å². The van der Waals surface area contributed by atoms with Crippen molar-refractivity contribution in [2.24, 2.45) is 5.41 Å².